The second-order valence-electron chi connectivity index (χ2n) is 5.80. The second-order valence-corrected chi connectivity index (χ2v) is 8.47. The molecule has 0 saturated heterocycles. The van der Waals surface area contributed by atoms with Crippen LogP contribution in [0, 0.1) is 6.92 Å². The normalized spacial score (nSPS) is 11.6. The molecule has 0 fully saturated rings. The van der Waals surface area contributed by atoms with Gasteiger partial charge in [0, 0.05) is 20.2 Å². The third kappa shape index (κ3) is 4.09. The number of aryl methyl sites for hydroxylation is 1. The molecule has 0 radical (unpaired) electrons. The zero-order valence-electron chi connectivity index (χ0n) is 14.9. The molecule has 0 aliphatic carbocycles. The lowest BCUT2D eigenvalue weighted by Gasteiger charge is -2.26. The molecule has 26 heavy (non-hydrogen) atoms. The van der Waals surface area contributed by atoms with Gasteiger partial charge in [-0.2, -0.15) is 0 Å². The van der Waals surface area contributed by atoms with Crippen molar-refractivity contribution in [3.05, 3.63) is 45.9 Å². The maximum atomic E-state index is 13.4. The van der Waals surface area contributed by atoms with Gasteiger partial charge in [-0.1, -0.05) is 35.3 Å². The van der Waals surface area contributed by atoms with Gasteiger partial charge < -0.3 is 15.4 Å². The highest BCUT2D eigenvalue weighted by molar-refractivity contribution is 7.91. The summed E-state index contributed by atoms with van der Waals surface area (Å²) in [5, 5.41) is 0.191. The summed E-state index contributed by atoms with van der Waals surface area (Å²) in [7, 11) is -2.30. The SMILES string of the molecule is CCN(CCOC)c1cccc(C)c1S(=O)(=O)c1cc(Cl)c(N)cc1Cl. The number of ether oxygens (including phenoxy) is 1. The fourth-order valence-electron chi connectivity index (χ4n) is 2.75. The average Bonchev–Trinajstić information content (AvgIpc) is 2.58. The van der Waals surface area contributed by atoms with Crippen LogP contribution in [0.4, 0.5) is 11.4 Å². The zero-order valence-corrected chi connectivity index (χ0v) is 17.2. The van der Waals surface area contributed by atoms with Crippen molar-refractivity contribution in [2.24, 2.45) is 0 Å². The maximum Gasteiger partial charge on any atom is 0.210 e. The number of methoxy groups -OCH3 is 1. The van der Waals surface area contributed by atoms with Crippen molar-refractivity contribution in [1.29, 1.82) is 0 Å². The average molecular weight is 417 g/mol. The number of benzene rings is 2. The number of nitrogens with zero attached hydrogens (tertiary/aromatic N) is 1. The lowest BCUT2D eigenvalue weighted by Crippen LogP contribution is -2.28. The van der Waals surface area contributed by atoms with Gasteiger partial charge in [0.15, 0.2) is 0 Å². The van der Waals surface area contributed by atoms with E-state index in [9.17, 15) is 8.42 Å². The Bertz CT molecular complexity index is 902. The molecule has 0 aliphatic heterocycles. The molecule has 0 unspecified atom stereocenters. The topological polar surface area (TPSA) is 72.6 Å². The highest BCUT2D eigenvalue weighted by Gasteiger charge is 2.28. The van der Waals surface area contributed by atoms with E-state index in [2.05, 4.69) is 0 Å². The number of anilines is 2. The summed E-state index contributed by atoms with van der Waals surface area (Å²) in [5.74, 6) is 0. The monoisotopic (exact) mass is 416 g/mol. The summed E-state index contributed by atoms with van der Waals surface area (Å²) in [6, 6.07) is 8.03. The molecule has 0 aromatic heterocycles. The predicted molar refractivity (Wildman–Crippen MR) is 107 cm³/mol. The third-order valence-corrected chi connectivity index (χ3v) is 6.83. The van der Waals surface area contributed by atoms with Crippen LogP contribution in [0.5, 0.6) is 0 Å². The van der Waals surface area contributed by atoms with E-state index in [0.717, 1.165) is 0 Å². The van der Waals surface area contributed by atoms with Crippen LogP contribution in [0.1, 0.15) is 12.5 Å². The fourth-order valence-corrected chi connectivity index (χ4v) is 5.22. The highest BCUT2D eigenvalue weighted by atomic mass is 35.5. The summed E-state index contributed by atoms with van der Waals surface area (Å²) in [4.78, 5) is 2.10. The lowest BCUT2D eigenvalue weighted by atomic mass is 10.2. The minimum atomic E-state index is -3.90. The number of halogens is 2. The van der Waals surface area contributed by atoms with E-state index < -0.39 is 9.84 Å². The fraction of sp³-hybridized carbons (Fsp3) is 0.333. The van der Waals surface area contributed by atoms with Crippen LogP contribution in [0.3, 0.4) is 0 Å². The van der Waals surface area contributed by atoms with E-state index in [1.807, 2.05) is 17.9 Å². The van der Waals surface area contributed by atoms with Gasteiger partial charge in [-0.3, -0.25) is 0 Å². The van der Waals surface area contributed by atoms with Crippen LogP contribution in [-0.2, 0) is 14.6 Å². The standard InChI is InChI=1S/C18H22Cl2N2O3S/c1-4-22(8-9-25-3)16-7-5-6-12(2)18(16)26(23,24)17-11-13(19)15(21)10-14(17)20/h5-7,10-11H,4,8-9,21H2,1-3H3. The summed E-state index contributed by atoms with van der Waals surface area (Å²) < 4.78 is 32.0. The van der Waals surface area contributed by atoms with E-state index in [-0.39, 0.29) is 25.5 Å². The number of hydrogen-bond donors (Lipinski definition) is 1. The van der Waals surface area contributed by atoms with Gasteiger partial charge in [-0.15, -0.1) is 0 Å². The van der Waals surface area contributed by atoms with Gasteiger partial charge in [-0.05, 0) is 37.6 Å². The molecule has 2 aromatic carbocycles. The minimum absolute atomic E-state index is 0.0426. The third-order valence-electron chi connectivity index (χ3n) is 4.09. The molecule has 0 bridgehead atoms. The largest absolute Gasteiger partial charge is 0.397 e. The predicted octanol–water partition coefficient (Wildman–Crippen LogP) is 4.19. The first-order valence-electron chi connectivity index (χ1n) is 8.07. The second kappa shape index (κ2) is 8.48. The Hall–Kier alpha value is -1.47. The van der Waals surface area contributed by atoms with Gasteiger partial charge >= 0.3 is 0 Å². The summed E-state index contributed by atoms with van der Waals surface area (Å²) in [6.07, 6.45) is 0. The van der Waals surface area contributed by atoms with E-state index in [1.165, 1.54) is 12.1 Å². The number of hydrogen-bond acceptors (Lipinski definition) is 5. The lowest BCUT2D eigenvalue weighted by molar-refractivity contribution is 0.205. The van der Waals surface area contributed by atoms with Crippen molar-refractivity contribution in [2.75, 3.05) is 37.4 Å². The number of nitrogens with two attached hydrogens (primary N) is 1. The first-order valence-corrected chi connectivity index (χ1v) is 10.3. The maximum absolute atomic E-state index is 13.4. The number of nitrogen functional groups attached to an aromatic ring is 1. The molecule has 0 spiro atoms. The van der Waals surface area contributed by atoms with Gasteiger partial charge in [0.05, 0.1) is 37.8 Å². The Labute approximate surface area is 164 Å². The Morgan fingerprint density at radius 2 is 1.88 bits per heavy atom. The van der Waals surface area contributed by atoms with Crippen LogP contribution in [-0.4, -0.2) is 35.2 Å². The Morgan fingerprint density at radius 3 is 2.50 bits per heavy atom. The molecule has 0 amide bonds. The van der Waals surface area contributed by atoms with Crippen LogP contribution in [0.15, 0.2) is 40.1 Å². The van der Waals surface area contributed by atoms with Crippen molar-refractivity contribution < 1.29 is 13.2 Å². The molecule has 2 rings (SSSR count). The first-order chi connectivity index (χ1) is 12.2. The molecule has 0 saturated carbocycles. The van der Waals surface area contributed by atoms with Crippen LogP contribution < -0.4 is 10.6 Å². The molecule has 142 valence electrons. The van der Waals surface area contributed by atoms with Crippen molar-refractivity contribution in [3.63, 3.8) is 0 Å². The van der Waals surface area contributed by atoms with E-state index >= 15 is 0 Å². The number of likely N-dealkylation sites (N-methyl/N-ethyl adjacent to an activating group) is 1. The highest BCUT2D eigenvalue weighted by Crippen LogP contribution is 2.38. The van der Waals surface area contributed by atoms with Gasteiger partial charge in [0.25, 0.3) is 0 Å². The van der Waals surface area contributed by atoms with Crippen molar-refractivity contribution in [3.8, 4) is 0 Å². The van der Waals surface area contributed by atoms with Crippen molar-refractivity contribution >= 4 is 44.4 Å². The van der Waals surface area contributed by atoms with Gasteiger partial charge in [-0.25, -0.2) is 8.42 Å². The molecule has 0 aliphatic rings. The van der Waals surface area contributed by atoms with Gasteiger partial charge in [0.2, 0.25) is 9.84 Å². The zero-order chi connectivity index (χ0) is 19.5. The molecule has 8 heteroatoms. The van der Waals surface area contributed by atoms with Gasteiger partial charge in [0.1, 0.15) is 0 Å². The van der Waals surface area contributed by atoms with Crippen LogP contribution in [0.25, 0.3) is 0 Å². The molecule has 0 atom stereocenters. The Kier molecular flexibility index (Phi) is 6.80. The molecule has 0 heterocycles. The van der Waals surface area contributed by atoms with Crippen LogP contribution >= 0.6 is 23.2 Å². The molecule has 2 aromatic rings. The number of sulfone groups is 1. The molecular formula is C18H22Cl2N2O3S. The summed E-state index contributed by atoms with van der Waals surface area (Å²) in [5.41, 5.74) is 7.19. The van der Waals surface area contributed by atoms with E-state index in [0.29, 0.717) is 30.9 Å². The Balaban J connectivity index is 2.69. The van der Waals surface area contributed by atoms with E-state index in [1.54, 1.807) is 26.2 Å². The summed E-state index contributed by atoms with van der Waals surface area (Å²) in [6.45, 7) is 5.39. The first kappa shape index (κ1) is 20.8. The van der Waals surface area contributed by atoms with Crippen LogP contribution in [0.2, 0.25) is 10.0 Å². The van der Waals surface area contributed by atoms with Crippen molar-refractivity contribution in [1.82, 2.24) is 0 Å². The number of rotatable bonds is 7. The molecule has 2 N–H and O–H groups in total. The van der Waals surface area contributed by atoms with Crippen molar-refractivity contribution in [2.45, 2.75) is 23.6 Å². The summed E-state index contributed by atoms with van der Waals surface area (Å²) >= 11 is 12.2. The molecule has 5 nitrogen and oxygen atoms in total. The molecular weight excluding hydrogens is 395 g/mol. The minimum Gasteiger partial charge on any atom is -0.397 e. The Morgan fingerprint density at radius 1 is 1.19 bits per heavy atom. The quantitative estimate of drug-likeness (QED) is 0.684. The van der Waals surface area contributed by atoms with E-state index in [4.69, 9.17) is 33.7 Å². The smallest absolute Gasteiger partial charge is 0.210 e.